The molecule has 1 heterocycles. The van der Waals surface area contributed by atoms with Crippen molar-refractivity contribution in [1.82, 2.24) is 0 Å². The van der Waals surface area contributed by atoms with E-state index in [2.05, 4.69) is 21.7 Å². The molecule has 2 fully saturated rings. The summed E-state index contributed by atoms with van der Waals surface area (Å²) in [5.74, 6) is 8.52. The minimum Gasteiger partial charge on any atom is -0.347 e. The number of rotatable bonds is 2. The molecule has 4 heteroatoms. The third-order valence-corrected chi connectivity index (χ3v) is 3.80. The summed E-state index contributed by atoms with van der Waals surface area (Å²) < 4.78 is 14.1. The SMILES string of the molecule is O=C[C@H]1CC2(C[C@@H]1CC#C/C=C/C#CI)OCCO2. The lowest BCUT2D eigenvalue weighted by Gasteiger charge is -2.21. The van der Waals surface area contributed by atoms with Crippen LogP contribution < -0.4 is 0 Å². The highest BCUT2D eigenvalue weighted by Gasteiger charge is 2.48. The molecular formula is C15H15IO3. The van der Waals surface area contributed by atoms with Crippen molar-refractivity contribution < 1.29 is 14.3 Å². The lowest BCUT2D eigenvalue weighted by atomic mass is 9.94. The molecule has 0 aromatic carbocycles. The minimum atomic E-state index is -0.513. The van der Waals surface area contributed by atoms with Crippen molar-refractivity contribution in [3.05, 3.63) is 12.2 Å². The normalized spacial score (nSPS) is 27.8. The van der Waals surface area contributed by atoms with Gasteiger partial charge in [-0.25, -0.2) is 0 Å². The Kier molecular flexibility index (Phi) is 5.45. The van der Waals surface area contributed by atoms with Crippen molar-refractivity contribution in [2.75, 3.05) is 13.2 Å². The van der Waals surface area contributed by atoms with Crippen LogP contribution in [-0.2, 0) is 14.3 Å². The summed E-state index contributed by atoms with van der Waals surface area (Å²) in [7, 11) is 0. The first-order chi connectivity index (χ1) is 9.29. The fourth-order valence-electron chi connectivity index (χ4n) is 2.64. The van der Waals surface area contributed by atoms with Gasteiger partial charge in [-0.15, -0.1) is 0 Å². The maximum Gasteiger partial charge on any atom is 0.169 e. The summed E-state index contributed by atoms with van der Waals surface area (Å²) in [5.41, 5.74) is 0. The number of carbonyl (C=O) groups excluding carboxylic acids is 1. The maximum absolute atomic E-state index is 11.1. The molecule has 19 heavy (non-hydrogen) atoms. The van der Waals surface area contributed by atoms with Crippen molar-refractivity contribution in [3.63, 3.8) is 0 Å². The molecule has 1 aliphatic carbocycles. The summed E-state index contributed by atoms with van der Waals surface area (Å²) >= 11 is 1.98. The topological polar surface area (TPSA) is 35.5 Å². The molecule has 2 rings (SSSR count). The Bertz CT molecular complexity index is 469. The zero-order valence-corrected chi connectivity index (χ0v) is 12.7. The Morgan fingerprint density at radius 1 is 1.21 bits per heavy atom. The van der Waals surface area contributed by atoms with Crippen LogP contribution in [0.15, 0.2) is 12.2 Å². The van der Waals surface area contributed by atoms with Crippen LogP contribution in [0.2, 0.25) is 0 Å². The average Bonchev–Trinajstić information content (AvgIpc) is 3.01. The summed E-state index contributed by atoms with van der Waals surface area (Å²) in [6, 6.07) is 0. The van der Waals surface area contributed by atoms with Gasteiger partial charge in [-0.3, -0.25) is 0 Å². The van der Waals surface area contributed by atoms with Gasteiger partial charge in [0.15, 0.2) is 5.79 Å². The molecule has 0 N–H and O–H groups in total. The van der Waals surface area contributed by atoms with Crippen LogP contribution in [0.4, 0.5) is 0 Å². The largest absolute Gasteiger partial charge is 0.347 e. The van der Waals surface area contributed by atoms with Gasteiger partial charge in [0.05, 0.1) is 13.2 Å². The fraction of sp³-hybridized carbons (Fsp3) is 0.533. The summed E-state index contributed by atoms with van der Waals surface area (Å²) in [4.78, 5) is 11.1. The van der Waals surface area contributed by atoms with Gasteiger partial charge < -0.3 is 14.3 Å². The average molecular weight is 370 g/mol. The monoisotopic (exact) mass is 370 g/mol. The number of halogens is 1. The second-order valence-corrected chi connectivity index (χ2v) is 5.21. The molecule has 2 aliphatic rings. The van der Waals surface area contributed by atoms with Crippen molar-refractivity contribution >= 4 is 28.9 Å². The predicted octanol–water partition coefficient (Wildman–Crippen LogP) is 2.30. The molecule has 0 radical (unpaired) electrons. The van der Waals surface area contributed by atoms with Crippen LogP contribution in [0.5, 0.6) is 0 Å². The first-order valence-electron chi connectivity index (χ1n) is 6.27. The van der Waals surface area contributed by atoms with E-state index in [0.717, 1.165) is 12.7 Å². The van der Waals surface area contributed by atoms with E-state index in [-0.39, 0.29) is 11.8 Å². The third-order valence-electron chi connectivity index (χ3n) is 3.48. The molecule has 3 nitrogen and oxygen atoms in total. The predicted molar refractivity (Wildman–Crippen MR) is 80.2 cm³/mol. The van der Waals surface area contributed by atoms with Gasteiger partial charge in [0.2, 0.25) is 0 Å². The highest BCUT2D eigenvalue weighted by Crippen LogP contribution is 2.44. The summed E-state index contributed by atoms with van der Waals surface area (Å²) in [5, 5.41) is 0. The van der Waals surface area contributed by atoms with E-state index in [4.69, 9.17) is 9.47 Å². The van der Waals surface area contributed by atoms with Crippen molar-refractivity contribution in [2.24, 2.45) is 11.8 Å². The van der Waals surface area contributed by atoms with Gasteiger partial charge in [-0.2, -0.15) is 0 Å². The molecule has 0 aromatic heterocycles. The molecule has 100 valence electrons. The highest BCUT2D eigenvalue weighted by molar-refractivity contribution is 14.1. The zero-order chi connectivity index (χ0) is 13.6. The van der Waals surface area contributed by atoms with Crippen molar-refractivity contribution in [3.8, 4) is 21.7 Å². The van der Waals surface area contributed by atoms with Crippen LogP contribution in [0.1, 0.15) is 19.3 Å². The summed E-state index contributed by atoms with van der Waals surface area (Å²) in [6.45, 7) is 1.25. The third kappa shape index (κ3) is 3.82. The molecule has 0 unspecified atom stereocenters. The highest BCUT2D eigenvalue weighted by atomic mass is 127. The minimum absolute atomic E-state index is 0.00878. The number of hydrogen-bond acceptors (Lipinski definition) is 3. The number of ether oxygens (including phenoxy) is 2. The van der Waals surface area contributed by atoms with E-state index < -0.39 is 5.79 Å². The van der Waals surface area contributed by atoms with Gasteiger partial charge in [0.25, 0.3) is 0 Å². The van der Waals surface area contributed by atoms with Gasteiger partial charge in [-0.05, 0) is 22.0 Å². The number of hydrogen-bond donors (Lipinski definition) is 0. The van der Waals surface area contributed by atoms with E-state index in [9.17, 15) is 4.79 Å². The van der Waals surface area contributed by atoms with Gasteiger partial charge >= 0.3 is 0 Å². The Morgan fingerprint density at radius 2 is 1.95 bits per heavy atom. The van der Waals surface area contributed by atoms with Crippen LogP contribution in [-0.4, -0.2) is 25.3 Å². The van der Waals surface area contributed by atoms with Gasteiger partial charge in [0.1, 0.15) is 6.29 Å². The first kappa shape index (κ1) is 14.6. The lowest BCUT2D eigenvalue weighted by Crippen LogP contribution is -2.26. The molecule has 0 amide bonds. The van der Waals surface area contributed by atoms with Gasteiger partial charge in [-0.1, -0.05) is 17.8 Å². The second kappa shape index (κ2) is 7.09. The lowest BCUT2D eigenvalue weighted by molar-refractivity contribution is -0.154. The Morgan fingerprint density at radius 3 is 2.63 bits per heavy atom. The molecule has 0 bridgehead atoms. The van der Waals surface area contributed by atoms with Gasteiger partial charge in [0, 0.05) is 47.8 Å². The molecule has 2 atom stereocenters. The zero-order valence-electron chi connectivity index (χ0n) is 10.5. The number of carbonyl (C=O) groups is 1. The van der Waals surface area contributed by atoms with E-state index in [1.54, 1.807) is 12.2 Å². The Balaban J connectivity index is 1.91. The standard InChI is InChI=1S/C15H15IO3/c16-7-5-3-1-2-4-6-13-10-15(11-14(13)12-17)18-8-9-19-15/h1,3,12-14H,6,8-11H2/b3-1+/t13-,14+/m0/s1. The maximum atomic E-state index is 11.1. The van der Waals surface area contributed by atoms with Crippen molar-refractivity contribution in [1.29, 1.82) is 0 Å². The summed E-state index contributed by atoms with van der Waals surface area (Å²) in [6.07, 6.45) is 6.59. The van der Waals surface area contributed by atoms with Crippen LogP contribution in [0.25, 0.3) is 0 Å². The van der Waals surface area contributed by atoms with E-state index in [1.807, 2.05) is 22.6 Å². The quantitative estimate of drug-likeness (QED) is 0.425. The molecule has 1 saturated carbocycles. The van der Waals surface area contributed by atoms with Crippen molar-refractivity contribution in [2.45, 2.75) is 25.0 Å². The number of aldehydes is 1. The van der Waals surface area contributed by atoms with Crippen LogP contribution in [0, 0.1) is 33.5 Å². The smallest absolute Gasteiger partial charge is 0.169 e. The Hall–Kier alpha value is -0.820. The second-order valence-electron chi connectivity index (χ2n) is 4.67. The molecule has 0 aromatic rings. The first-order valence-corrected chi connectivity index (χ1v) is 7.35. The molecule has 1 aliphatic heterocycles. The Labute approximate surface area is 127 Å². The van der Waals surface area contributed by atoms with Crippen LogP contribution >= 0.6 is 22.6 Å². The van der Waals surface area contributed by atoms with Crippen LogP contribution in [0.3, 0.4) is 0 Å². The number of allylic oxidation sites excluding steroid dienone is 2. The molecule has 1 saturated heterocycles. The van der Waals surface area contributed by atoms with E-state index in [1.165, 1.54) is 0 Å². The molecule has 1 spiro atoms. The van der Waals surface area contributed by atoms with E-state index in [0.29, 0.717) is 26.1 Å². The molecular weight excluding hydrogens is 355 g/mol. The van der Waals surface area contributed by atoms with E-state index >= 15 is 0 Å². The fourth-order valence-corrected chi connectivity index (χ4v) is 2.82.